The van der Waals surface area contributed by atoms with Gasteiger partial charge in [0.05, 0.1) is 19.3 Å². The van der Waals surface area contributed by atoms with Crippen molar-refractivity contribution in [3.8, 4) is 0 Å². The molecule has 0 spiro atoms. The highest BCUT2D eigenvalue weighted by Gasteiger charge is 2.31. The van der Waals surface area contributed by atoms with Gasteiger partial charge in [0.15, 0.2) is 0 Å². The largest absolute Gasteiger partial charge is 0.356 e. The molecule has 6 amide bonds. The molecule has 14 nitrogen and oxygen atoms in total. The van der Waals surface area contributed by atoms with Gasteiger partial charge in [-0.25, -0.2) is 4.98 Å². The van der Waals surface area contributed by atoms with Crippen LogP contribution in [0.4, 0.5) is 0 Å². The molecule has 14 heteroatoms. The van der Waals surface area contributed by atoms with Gasteiger partial charge in [-0.2, -0.15) is 0 Å². The molecule has 1 saturated heterocycles. The molecule has 1 aliphatic heterocycles. The molecule has 3 unspecified atom stereocenters. The zero-order valence-electron chi connectivity index (χ0n) is 26.8. The van der Waals surface area contributed by atoms with Crippen molar-refractivity contribution in [3.63, 3.8) is 0 Å². The van der Waals surface area contributed by atoms with E-state index in [1.807, 2.05) is 24.3 Å². The van der Waals surface area contributed by atoms with Crippen molar-refractivity contribution in [1.82, 2.24) is 41.9 Å². The topological polar surface area (TPSA) is 203 Å². The molecular formula is C34H42N8O6. The van der Waals surface area contributed by atoms with E-state index in [0.717, 1.165) is 11.1 Å². The van der Waals surface area contributed by atoms with Crippen LogP contribution < -0.4 is 31.9 Å². The lowest BCUT2D eigenvalue weighted by Gasteiger charge is -2.25. The molecule has 4 atom stereocenters. The first-order valence-electron chi connectivity index (χ1n) is 15.9. The van der Waals surface area contributed by atoms with Gasteiger partial charge < -0.3 is 36.9 Å². The Labute approximate surface area is 278 Å². The number of aromatic nitrogens is 2. The first kappa shape index (κ1) is 35.3. The molecule has 0 saturated carbocycles. The van der Waals surface area contributed by atoms with Crippen molar-refractivity contribution in [2.24, 2.45) is 0 Å². The van der Waals surface area contributed by atoms with Crippen LogP contribution in [0.5, 0.6) is 0 Å². The Kier molecular flexibility index (Phi) is 13.2. The molecule has 1 aromatic heterocycles. The molecule has 4 rings (SSSR count). The number of aromatic amines is 1. The van der Waals surface area contributed by atoms with Crippen LogP contribution in [-0.4, -0.2) is 82.7 Å². The summed E-state index contributed by atoms with van der Waals surface area (Å²) < 4.78 is 0. The molecule has 254 valence electrons. The van der Waals surface area contributed by atoms with Gasteiger partial charge >= 0.3 is 0 Å². The van der Waals surface area contributed by atoms with Crippen LogP contribution in [0.2, 0.25) is 0 Å². The second kappa shape index (κ2) is 18.0. The second-order valence-corrected chi connectivity index (χ2v) is 11.7. The van der Waals surface area contributed by atoms with Gasteiger partial charge in [-0.3, -0.25) is 28.8 Å². The molecule has 3 aromatic rings. The SMILES string of the molecule is CC1CCNC(=O)CCC(NC(=O)Cc2ccccc2)C(=O)N[C@@H](Cc2cnc[nH]2)C(=O)NC(Cc2ccccc2)C(=O)NCC(=O)N1. The molecule has 1 aliphatic rings. The number of nitrogens with zero attached hydrogens (tertiary/aromatic N) is 1. The lowest BCUT2D eigenvalue weighted by atomic mass is 10.0. The van der Waals surface area contributed by atoms with E-state index < -0.39 is 47.7 Å². The summed E-state index contributed by atoms with van der Waals surface area (Å²) in [5, 5.41) is 16.4. The number of amides is 6. The van der Waals surface area contributed by atoms with Gasteiger partial charge in [0.25, 0.3) is 0 Å². The highest BCUT2D eigenvalue weighted by Crippen LogP contribution is 2.08. The van der Waals surface area contributed by atoms with E-state index in [1.165, 1.54) is 12.5 Å². The lowest BCUT2D eigenvalue weighted by Crippen LogP contribution is -2.58. The van der Waals surface area contributed by atoms with Crippen molar-refractivity contribution in [2.45, 2.75) is 69.6 Å². The number of carbonyl (C=O) groups is 6. The summed E-state index contributed by atoms with van der Waals surface area (Å²) in [6, 6.07) is 14.3. The number of carbonyl (C=O) groups excluding carboxylic acids is 6. The zero-order valence-corrected chi connectivity index (χ0v) is 26.8. The average molecular weight is 659 g/mol. The van der Waals surface area contributed by atoms with Crippen LogP contribution in [0.3, 0.4) is 0 Å². The van der Waals surface area contributed by atoms with E-state index in [-0.39, 0.29) is 57.1 Å². The molecule has 2 aromatic carbocycles. The van der Waals surface area contributed by atoms with E-state index in [4.69, 9.17) is 0 Å². The summed E-state index contributed by atoms with van der Waals surface area (Å²) >= 11 is 0. The van der Waals surface area contributed by atoms with Gasteiger partial charge in [-0.15, -0.1) is 0 Å². The Morgan fingerprint density at radius 1 is 0.771 bits per heavy atom. The fourth-order valence-corrected chi connectivity index (χ4v) is 5.21. The van der Waals surface area contributed by atoms with Crippen molar-refractivity contribution >= 4 is 35.4 Å². The minimum atomic E-state index is -1.20. The number of nitrogens with one attached hydrogen (secondary N) is 7. The summed E-state index contributed by atoms with van der Waals surface area (Å²) in [6.45, 7) is 1.71. The van der Waals surface area contributed by atoms with E-state index >= 15 is 0 Å². The molecule has 7 N–H and O–H groups in total. The van der Waals surface area contributed by atoms with Gasteiger partial charge in [0.1, 0.15) is 18.1 Å². The first-order valence-corrected chi connectivity index (χ1v) is 15.9. The maximum absolute atomic E-state index is 13.8. The molecular weight excluding hydrogens is 616 g/mol. The van der Waals surface area contributed by atoms with Crippen LogP contribution >= 0.6 is 0 Å². The number of hydrogen-bond donors (Lipinski definition) is 7. The van der Waals surface area contributed by atoms with Crippen molar-refractivity contribution in [1.29, 1.82) is 0 Å². The quantitative estimate of drug-likeness (QED) is 0.182. The fourth-order valence-electron chi connectivity index (χ4n) is 5.21. The monoisotopic (exact) mass is 658 g/mol. The lowest BCUT2D eigenvalue weighted by molar-refractivity contribution is -0.134. The van der Waals surface area contributed by atoms with Crippen molar-refractivity contribution in [3.05, 3.63) is 90.0 Å². The van der Waals surface area contributed by atoms with Crippen LogP contribution in [0.1, 0.15) is 43.0 Å². The first-order chi connectivity index (χ1) is 23.2. The Hall–Kier alpha value is -5.53. The maximum Gasteiger partial charge on any atom is 0.243 e. The summed E-state index contributed by atoms with van der Waals surface area (Å²) in [4.78, 5) is 86.2. The van der Waals surface area contributed by atoms with Gasteiger partial charge in [0, 0.05) is 43.7 Å². The predicted molar refractivity (Wildman–Crippen MR) is 176 cm³/mol. The Bertz CT molecular complexity index is 1530. The average Bonchev–Trinajstić information content (AvgIpc) is 3.58. The van der Waals surface area contributed by atoms with Crippen molar-refractivity contribution in [2.75, 3.05) is 13.1 Å². The maximum atomic E-state index is 13.8. The number of H-pyrrole nitrogens is 1. The normalized spacial score (nSPS) is 22.0. The number of rotatable bonds is 7. The predicted octanol–water partition coefficient (Wildman–Crippen LogP) is -0.187. The van der Waals surface area contributed by atoms with Crippen LogP contribution in [0.15, 0.2) is 73.2 Å². The fraction of sp³-hybridized carbons (Fsp3) is 0.382. The third-order valence-electron chi connectivity index (χ3n) is 7.78. The summed E-state index contributed by atoms with van der Waals surface area (Å²) in [6.07, 6.45) is 3.35. The number of benzene rings is 2. The smallest absolute Gasteiger partial charge is 0.243 e. The molecule has 48 heavy (non-hydrogen) atoms. The Balaban J connectivity index is 1.60. The Morgan fingerprint density at radius 2 is 1.44 bits per heavy atom. The van der Waals surface area contributed by atoms with E-state index in [9.17, 15) is 28.8 Å². The van der Waals surface area contributed by atoms with E-state index in [2.05, 4.69) is 41.9 Å². The van der Waals surface area contributed by atoms with Crippen molar-refractivity contribution < 1.29 is 28.8 Å². The molecule has 2 heterocycles. The summed E-state index contributed by atoms with van der Waals surface area (Å²) in [7, 11) is 0. The minimum Gasteiger partial charge on any atom is -0.356 e. The third-order valence-corrected chi connectivity index (χ3v) is 7.78. The van der Waals surface area contributed by atoms with Crippen LogP contribution in [0, 0.1) is 0 Å². The molecule has 0 bridgehead atoms. The molecule has 0 aliphatic carbocycles. The number of imidazole rings is 1. The molecule has 0 radical (unpaired) electrons. The minimum absolute atomic E-state index is 0.00869. The van der Waals surface area contributed by atoms with E-state index in [1.54, 1.807) is 43.3 Å². The second-order valence-electron chi connectivity index (χ2n) is 11.7. The Morgan fingerprint density at radius 3 is 2.12 bits per heavy atom. The van der Waals surface area contributed by atoms with E-state index in [0.29, 0.717) is 12.1 Å². The zero-order chi connectivity index (χ0) is 34.3. The van der Waals surface area contributed by atoms with Gasteiger partial charge in [0.2, 0.25) is 35.4 Å². The summed E-state index contributed by atoms with van der Waals surface area (Å²) in [5.41, 5.74) is 2.04. The van der Waals surface area contributed by atoms with Gasteiger partial charge in [-0.1, -0.05) is 60.7 Å². The highest BCUT2D eigenvalue weighted by atomic mass is 16.2. The summed E-state index contributed by atoms with van der Waals surface area (Å²) in [5.74, 6) is -3.13. The highest BCUT2D eigenvalue weighted by molar-refractivity contribution is 5.95. The van der Waals surface area contributed by atoms with Crippen LogP contribution in [-0.2, 0) is 48.0 Å². The molecule has 1 fully saturated rings. The van der Waals surface area contributed by atoms with Gasteiger partial charge in [-0.05, 0) is 30.9 Å². The van der Waals surface area contributed by atoms with Crippen LogP contribution in [0.25, 0.3) is 0 Å². The third kappa shape index (κ3) is 11.7. The number of hydrogen-bond acceptors (Lipinski definition) is 7. The standard InChI is InChI=1S/C34H42N8O6/c1-22-14-15-36-29(43)13-12-26(40-30(44)17-24-10-6-3-7-11-24)33(47)42-28(18-25-19-35-21-38-25)34(48)41-27(16-23-8-4-2-5-9-23)32(46)37-20-31(45)39-22/h2-11,19,21-22,26-28H,12-18,20H2,1H3,(H,35,38)(H,36,43)(H,37,46)(H,39,45)(H,40,44)(H,41,48)(H,42,47)/t22?,26?,27?,28-/m0/s1.